The van der Waals surface area contributed by atoms with Gasteiger partial charge in [0, 0.05) is 33.2 Å². The van der Waals surface area contributed by atoms with Crippen molar-refractivity contribution in [2.75, 3.05) is 0 Å². The van der Waals surface area contributed by atoms with E-state index >= 15 is 0 Å². The summed E-state index contributed by atoms with van der Waals surface area (Å²) in [6.45, 7) is 0. The van der Waals surface area contributed by atoms with E-state index in [1.54, 1.807) is 0 Å². The van der Waals surface area contributed by atoms with Crippen molar-refractivity contribution < 1.29 is 0 Å². The van der Waals surface area contributed by atoms with E-state index in [-0.39, 0.29) is 0 Å². The third kappa shape index (κ3) is 4.53. The molecular weight excluding hydrogens is 729 g/mol. The molecule has 0 unspecified atom stereocenters. The molecule has 11 aromatic rings. The average Bonchev–Trinajstić information content (AvgIpc) is 3.83. The van der Waals surface area contributed by atoms with Crippen LogP contribution in [0, 0.1) is 0 Å². The second-order valence-electron chi connectivity index (χ2n) is 15.9. The zero-order valence-electron chi connectivity index (χ0n) is 32.4. The maximum atomic E-state index is 5.20. The van der Waals surface area contributed by atoms with Crippen LogP contribution in [-0.2, 0) is 5.41 Å². The van der Waals surface area contributed by atoms with Crippen LogP contribution in [0.1, 0.15) is 22.3 Å². The second-order valence-corrected chi connectivity index (χ2v) is 15.9. The Morgan fingerprint density at radius 1 is 0.317 bits per heavy atom. The van der Waals surface area contributed by atoms with Crippen molar-refractivity contribution in [1.82, 2.24) is 19.5 Å². The molecule has 60 heavy (non-hydrogen) atoms. The first kappa shape index (κ1) is 33.1. The maximum Gasteiger partial charge on any atom is 0.164 e. The third-order valence-corrected chi connectivity index (χ3v) is 12.8. The van der Waals surface area contributed by atoms with Gasteiger partial charge in [0.05, 0.1) is 16.4 Å². The summed E-state index contributed by atoms with van der Waals surface area (Å²) in [4.78, 5) is 15.4. The van der Waals surface area contributed by atoms with Crippen molar-refractivity contribution in [2.45, 2.75) is 5.41 Å². The molecule has 0 amide bonds. The molecule has 9 aromatic carbocycles. The Morgan fingerprint density at radius 3 is 1.53 bits per heavy atom. The lowest BCUT2D eigenvalue weighted by Crippen LogP contribution is -2.30. The van der Waals surface area contributed by atoms with Gasteiger partial charge < -0.3 is 4.57 Å². The summed E-state index contributed by atoms with van der Waals surface area (Å²) in [7, 11) is 0. The standard InChI is InChI=1S/C56H34N4/c1-3-15-35(16-4-1)38-20-11-21-39(33-38)54-57-53(37-17-5-2-6-18-37)58-55(59-54)40-22-12-23-41(34-40)60-48-30-14-29-47-51(48)52-49(60)32-31-36-19-13-28-46(50(36)52)56(47)44-26-9-7-24-42(44)43-25-8-10-27-45(43)56/h1-34H. The van der Waals surface area contributed by atoms with Gasteiger partial charge in [-0.3, -0.25) is 0 Å². The highest BCUT2D eigenvalue weighted by molar-refractivity contribution is 6.26. The van der Waals surface area contributed by atoms with Crippen molar-refractivity contribution in [3.05, 3.63) is 229 Å². The summed E-state index contributed by atoms with van der Waals surface area (Å²) in [5.41, 5.74) is 16.0. The Hall–Kier alpha value is -7.95. The molecule has 0 bridgehead atoms. The van der Waals surface area contributed by atoms with Gasteiger partial charge in [-0.1, -0.05) is 176 Å². The lowest BCUT2D eigenvalue weighted by Gasteiger charge is -2.37. The molecule has 2 aliphatic rings. The first-order valence-corrected chi connectivity index (χ1v) is 20.5. The Morgan fingerprint density at radius 2 is 0.817 bits per heavy atom. The van der Waals surface area contributed by atoms with Gasteiger partial charge in [0.25, 0.3) is 0 Å². The molecule has 13 rings (SSSR count). The quantitative estimate of drug-likeness (QED) is 0.175. The van der Waals surface area contributed by atoms with Crippen LogP contribution < -0.4 is 0 Å². The highest BCUT2D eigenvalue weighted by Gasteiger charge is 2.49. The predicted molar refractivity (Wildman–Crippen MR) is 244 cm³/mol. The van der Waals surface area contributed by atoms with Crippen molar-refractivity contribution in [1.29, 1.82) is 0 Å². The summed E-state index contributed by atoms with van der Waals surface area (Å²) in [5.74, 6) is 1.90. The Labute approximate surface area is 346 Å². The number of fused-ring (bicyclic) bond motifs is 7. The first-order chi connectivity index (χ1) is 29.8. The fourth-order valence-corrected chi connectivity index (χ4v) is 10.4. The molecule has 0 fully saturated rings. The van der Waals surface area contributed by atoms with Crippen molar-refractivity contribution >= 4 is 32.6 Å². The Bertz CT molecular complexity index is 3500. The Kier molecular flexibility index (Phi) is 6.90. The van der Waals surface area contributed by atoms with Crippen LogP contribution in [0.25, 0.3) is 94.7 Å². The summed E-state index contributed by atoms with van der Waals surface area (Å²) in [6, 6.07) is 74.3. The lowest BCUT2D eigenvalue weighted by molar-refractivity contribution is 0.783. The zero-order valence-corrected chi connectivity index (χ0v) is 32.4. The molecule has 0 atom stereocenters. The fraction of sp³-hybridized carbons (Fsp3) is 0.0179. The largest absolute Gasteiger partial charge is 0.309 e. The normalized spacial score (nSPS) is 13.1. The van der Waals surface area contributed by atoms with Crippen LogP contribution in [0.2, 0.25) is 0 Å². The number of benzene rings is 9. The molecule has 0 saturated carbocycles. The Balaban J connectivity index is 1.04. The van der Waals surface area contributed by atoms with E-state index in [9.17, 15) is 0 Å². The van der Waals surface area contributed by atoms with E-state index in [1.807, 2.05) is 24.3 Å². The van der Waals surface area contributed by atoms with E-state index in [1.165, 1.54) is 66.0 Å². The molecule has 0 saturated heterocycles. The number of hydrogen-bond donors (Lipinski definition) is 0. The van der Waals surface area contributed by atoms with Crippen LogP contribution in [0.5, 0.6) is 0 Å². The van der Waals surface area contributed by atoms with Gasteiger partial charge in [0.15, 0.2) is 17.5 Å². The van der Waals surface area contributed by atoms with E-state index in [2.05, 4.69) is 187 Å². The first-order valence-electron chi connectivity index (χ1n) is 20.5. The topological polar surface area (TPSA) is 43.6 Å². The fourth-order valence-electron chi connectivity index (χ4n) is 10.4. The van der Waals surface area contributed by atoms with E-state index in [0.29, 0.717) is 17.5 Å². The molecule has 0 N–H and O–H groups in total. The highest BCUT2D eigenvalue weighted by Crippen LogP contribution is 2.62. The summed E-state index contributed by atoms with van der Waals surface area (Å²) in [5, 5.41) is 5.19. The minimum atomic E-state index is -0.450. The van der Waals surface area contributed by atoms with Gasteiger partial charge in [0.2, 0.25) is 0 Å². The van der Waals surface area contributed by atoms with E-state index in [0.717, 1.165) is 33.5 Å². The van der Waals surface area contributed by atoms with Gasteiger partial charge in [-0.25, -0.2) is 15.0 Å². The third-order valence-electron chi connectivity index (χ3n) is 12.8. The molecule has 1 spiro atoms. The SMILES string of the molecule is c1ccc(-c2cccc(-c3nc(-c4ccccc4)nc(-c4cccc(-n5c6cccc7c6c6c8c(cccc8ccc65)C75c6ccccc6-c6ccccc65)c4)n3)c2)cc1. The zero-order chi connectivity index (χ0) is 39.4. The number of aromatic nitrogens is 4. The van der Waals surface area contributed by atoms with Crippen LogP contribution in [0.4, 0.5) is 0 Å². The molecule has 2 aliphatic carbocycles. The summed E-state index contributed by atoms with van der Waals surface area (Å²) >= 11 is 0. The van der Waals surface area contributed by atoms with Crippen molar-refractivity contribution in [3.63, 3.8) is 0 Å². The summed E-state index contributed by atoms with van der Waals surface area (Å²) < 4.78 is 2.45. The molecule has 0 aliphatic heterocycles. The molecule has 4 nitrogen and oxygen atoms in total. The van der Waals surface area contributed by atoms with Crippen molar-refractivity contribution in [2.24, 2.45) is 0 Å². The van der Waals surface area contributed by atoms with Crippen LogP contribution in [-0.4, -0.2) is 19.5 Å². The minimum absolute atomic E-state index is 0.450. The monoisotopic (exact) mass is 762 g/mol. The second kappa shape index (κ2) is 12.5. The molecule has 2 heterocycles. The average molecular weight is 763 g/mol. The number of nitrogens with zero attached hydrogens (tertiary/aromatic N) is 4. The highest BCUT2D eigenvalue weighted by atomic mass is 15.0. The van der Waals surface area contributed by atoms with Crippen LogP contribution in [0.15, 0.2) is 206 Å². The number of hydrogen-bond acceptors (Lipinski definition) is 3. The minimum Gasteiger partial charge on any atom is -0.309 e. The van der Waals surface area contributed by atoms with Crippen LogP contribution >= 0.6 is 0 Å². The van der Waals surface area contributed by atoms with E-state index < -0.39 is 5.41 Å². The van der Waals surface area contributed by atoms with E-state index in [4.69, 9.17) is 15.0 Å². The molecule has 278 valence electrons. The molecular formula is C56H34N4. The molecule has 0 radical (unpaired) electrons. The lowest BCUT2D eigenvalue weighted by atomic mass is 9.63. The van der Waals surface area contributed by atoms with Gasteiger partial charge in [-0.2, -0.15) is 0 Å². The molecule has 4 heteroatoms. The smallest absolute Gasteiger partial charge is 0.164 e. The maximum absolute atomic E-state index is 5.20. The van der Waals surface area contributed by atoms with Crippen LogP contribution in [0.3, 0.4) is 0 Å². The van der Waals surface area contributed by atoms with Gasteiger partial charge >= 0.3 is 0 Å². The predicted octanol–water partition coefficient (Wildman–Crippen LogP) is 13.5. The molecule has 2 aromatic heterocycles. The van der Waals surface area contributed by atoms with Gasteiger partial charge in [-0.05, 0) is 85.6 Å². The van der Waals surface area contributed by atoms with Crippen molar-refractivity contribution in [3.8, 4) is 62.1 Å². The van der Waals surface area contributed by atoms with Gasteiger partial charge in [-0.15, -0.1) is 0 Å². The van der Waals surface area contributed by atoms with Gasteiger partial charge in [0.1, 0.15) is 0 Å². The summed E-state index contributed by atoms with van der Waals surface area (Å²) in [6.07, 6.45) is 0. The number of rotatable bonds is 5.